The molecule has 1 fully saturated rings. The van der Waals surface area contributed by atoms with Crippen molar-refractivity contribution in [3.05, 3.63) is 108 Å². The summed E-state index contributed by atoms with van der Waals surface area (Å²) >= 11 is 3.26. The largest absolute Gasteiger partial charge is 0.361 e. The molecule has 3 aromatic carbocycles. The minimum absolute atomic E-state index is 0.0831. The van der Waals surface area contributed by atoms with Crippen LogP contribution < -0.4 is 0 Å². The van der Waals surface area contributed by atoms with E-state index in [1.54, 1.807) is 72.8 Å². The zero-order valence-electron chi connectivity index (χ0n) is 20.4. The molecule has 3 aromatic rings. The van der Waals surface area contributed by atoms with Crippen LogP contribution in [0.15, 0.2) is 91.0 Å². The summed E-state index contributed by atoms with van der Waals surface area (Å²) < 4.78 is 23.2. The maximum absolute atomic E-state index is 12.1. The van der Waals surface area contributed by atoms with Crippen LogP contribution in [0, 0.1) is 0 Å². The Kier molecular flexibility index (Phi) is 8.49. The van der Waals surface area contributed by atoms with Gasteiger partial charge in [-0.3, -0.25) is 0 Å². The summed E-state index contributed by atoms with van der Waals surface area (Å²) in [7, 11) is 0. The molecule has 4 N–H and O–H groups in total. The topological polar surface area (TPSA) is 118 Å². The number of alkyl halides is 1. The molecule has 198 valence electrons. The van der Waals surface area contributed by atoms with Crippen LogP contribution in [0.5, 0.6) is 0 Å². The van der Waals surface area contributed by atoms with Crippen LogP contribution in [0.4, 0.5) is 0 Å². The van der Waals surface area contributed by atoms with E-state index in [2.05, 4.69) is 15.9 Å². The quantitative estimate of drug-likeness (QED) is 0.215. The molecule has 0 unspecified atom stereocenters. The van der Waals surface area contributed by atoms with Gasteiger partial charge >= 0.3 is 0 Å². The van der Waals surface area contributed by atoms with Gasteiger partial charge < -0.3 is 39.4 Å². The van der Waals surface area contributed by atoms with E-state index in [1.807, 2.05) is 18.2 Å². The molecule has 0 aromatic heterocycles. The lowest BCUT2D eigenvalue weighted by Crippen LogP contribution is -2.85. The van der Waals surface area contributed by atoms with Gasteiger partial charge in [0, 0.05) is 5.33 Å². The van der Waals surface area contributed by atoms with Gasteiger partial charge in [-0.15, -0.1) is 0 Å². The highest BCUT2D eigenvalue weighted by molar-refractivity contribution is 9.09. The van der Waals surface area contributed by atoms with Gasteiger partial charge in [0.15, 0.2) is 0 Å². The fourth-order valence-electron chi connectivity index (χ4n) is 4.26. The summed E-state index contributed by atoms with van der Waals surface area (Å²) in [4.78, 5) is 0. The lowest BCUT2D eigenvalue weighted by atomic mass is 9.83. The second kappa shape index (κ2) is 11.3. The van der Waals surface area contributed by atoms with Crippen LogP contribution in [-0.2, 0) is 38.8 Å². The first-order valence-electron chi connectivity index (χ1n) is 11.8. The van der Waals surface area contributed by atoms with Crippen molar-refractivity contribution in [2.24, 2.45) is 0 Å². The minimum atomic E-state index is -3.03. The summed E-state index contributed by atoms with van der Waals surface area (Å²) in [6, 6.07) is 26.7. The second-order valence-electron chi connectivity index (χ2n) is 9.05. The van der Waals surface area contributed by atoms with E-state index < -0.39 is 29.3 Å². The third kappa shape index (κ3) is 5.37. The highest BCUT2D eigenvalue weighted by Gasteiger charge is 2.79. The monoisotopic (exact) mass is 574 g/mol. The Balaban J connectivity index is 1.76. The predicted molar refractivity (Wildman–Crippen MR) is 138 cm³/mol. The van der Waals surface area contributed by atoms with Gasteiger partial charge in [0.25, 0.3) is 17.4 Å². The van der Waals surface area contributed by atoms with Crippen molar-refractivity contribution in [2.75, 3.05) is 5.33 Å². The Hall–Kier alpha value is -2.18. The molecule has 1 aliphatic rings. The molecule has 1 heterocycles. The number of hydrogen-bond acceptors (Lipinski definition) is 8. The van der Waals surface area contributed by atoms with Crippen LogP contribution in [0.1, 0.15) is 23.6 Å². The summed E-state index contributed by atoms with van der Waals surface area (Å²) in [6.07, 6.45) is -1.38. The summed E-state index contributed by atoms with van der Waals surface area (Å²) in [6.45, 7) is 0.456. The normalized spacial score (nSPS) is 31.8. The molecule has 1 saturated heterocycles. The zero-order valence-corrected chi connectivity index (χ0v) is 22.0. The van der Waals surface area contributed by atoms with Crippen molar-refractivity contribution in [1.29, 1.82) is 0 Å². The number of hydrogen-bond donors (Lipinski definition) is 4. The molecule has 4 rings (SSSR count). The first kappa shape index (κ1) is 27.8. The van der Waals surface area contributed by atoms with Gasteiger partial charge in [0.2, 0.25) is 5.79 Å². The minimum Gasteiger partial charge on any atom is -0.361 e. The van der Waals surface area contributed by atoms with Crippen molar-refractivity contribution in [3.63, 3.8) is 0 Å². The SMILES string of the molecule is C[C@]1(O)O[C@H](CBr)[C@](O)(OCc2ccccc2)[C@@](O)(OCc2ccccc2)[C@@]1(O)OCc1ccccc1. The van der Waals surface area contributed by atoms with Gasteiger partial charge in [-0.05, 0) is 23.6 Å². The second-order valence-corrected chi connectivity index (χ2v) is 9.70. The molecule has 0 spiro atoms. The van der Waals surface area contributed by atoms with Gasteiger partial charge in [0.05, 0.1) is 19.8 Å². The molecular weight excluding hydrogens is 544 g/mol. The standard InChI is InChI=1S/C28H31BrO8/c1-25(30)27(32,35-19-22-13-7-3-8-14-22)28(33,36-20-23-15-9-4-10-16-23)26(31,24(17-29)37-25)34-18-21-11-5-2-6-12-21/h2-16,24,30-33H,17-20H2,1H3/t24-,25+,26+,27+,28-/m1/s1. The molecule has 37 heavy (non-hydrogen) atoms. The Labute approximate surface area is 224 Å². The van der Waals surface area contributed by atoms with E-state index in [-0.39, 0.29) is 25.2 Å². The van der Waals surface area contributed by atoms with Crippen molar-refractivity contribution >= 4 is 15.9 Å². The Morgan fingerprint density at radius 2 is 1.03 bits per heavy atom. The Morgan fingerprint density at radius 1 is 0.649 bits per heavy atom. The fraction of sp³-hybridized carbons (Fsp3) is 0.357. The molecule has 9 heteroatoms. The maximum atomic E-state index is 12.1. The van der Waals surface area contributed by atoms with Crippen LogP contribution in [-0.4, -0.2) is 55.0 Å². The van der Waals surface area contributed by atoms with Gasteiger partial charge in [-0.25, -0.2) is 0 Å². The van der Waals surface area contributed by atoms with E-state index in [9.17, 15) is 20.4 Å². The average molecular weight is 575 g/mol. The van der Waals surface area contributed by atoms with E-state index in [1.165, 1.54) is 0 Å². The van der Waals surface area contributed by atoms with Crippen molar-refractivity contribution in [1.82, 2.24) is 0 Å². The first-order valence-corrected chi connectivity index (χ1v) is 12.9. The number of benzene rings is 3. The van der Waals surface area contributed by atoms with Crippen LogP contribution in [0.3, 0.4) is 0 Å². The summed E-state index contributed by atoms with van der Waals surface area (Å²) in [5.74, 6) is -11.3. The van der Waals surface area contributed by atoms with E-state index in [0.29, 0.717) is 16.7 Å². The molecule has 0 saturated carbocycles. The molecule has 1 aliphatic heterocycles. The first-order chi connectivity index (χ1) is 17.7. The maximum Gasteiger partial charge on any atom is 0.285 e. The number of halogens is 1. The average Bonchev–Trinajstić information content (AvgIpc) is 2.93. The Bertz CT molecular complexity index is 1130. The molecule has 0 bridgehead atoms. The summed E-state index contributed by atoms with van der Waals surface area (Å²) in [5.41, 5.74) is 1.95. The van der Waals surface area contributed by atoms with Gasteiger partial charge in [0.1, 0.15) is 6.10 Å². The number of aliphatic hydroxyl groups is 4. The molecule has 0 aliphatic carbocycles. The molecule has 0 radical (unpaired) electrons. The van der Waals surface area contributed by atoms with Crippen LogP contribution in [0.25, 0.3) is 0 Å². The molecule has 5 atom stereocenters. The third-order valence-corrected chi connectivity index (χ3v) is 6.99. The van der Waals surface area contributed by atoms with Crippen LogP contribution >= 0.6 is 15.9 Å². The zero-order chi connectivity index (χ0) is 26.6. The van der Waals surface area contributed by atoms with Gasteiger partial charge in [-0.2, -0.15) is 0 Å². The number of rotatable bonds is 10. The Morgan fingerprint density at radius 3 is 1.43 bits per heavy atom. The van der Waals surface area contributed by atoms with Gasteiger partial charge in [-0.1, -0.05) is 107 Å². The molecular formula is C28H31BrO8. The lowest BCUT2D eigenvalue weighted by Gasteiger charge is -2.60. The van der Waals surface area contributed by atoms with Crippen molar-refractivity contribution < 1.29 is 39.4 Å². The lowest BCUT2D eigenvalue weighted by molar-refractivity contribution is -0.575. The molecule has 0 amide bonds. The predicted octanol–water partition coefficient (Wildman–Crippen LogP) is 3.20. The van der Waals surface area contributed by atoms with E-state index in [4.69, 9.17) is 18.9 Å². The van der Waals surface area contributed by atoms with E-state index in [0.717, 1.165) is 6.92 Å². The van der Waals surface area contributed by atoms with Crippen LogP contribution in [0.2, 0.25) is 0 Å². The highest BCUT2D eigenvalue weighted by atomic mass is 79.9. The summed E-state index contributed by atoms with van der Waals surface area (Å²) in [5, 5.41) is 47.2. The van der Waals surface area contributed by atoms with Crippen molar-refractivity contribution in [2.45, 2.75) is 56.0 Å². The van der Waals surface area contributed by atoms with E-state index >= 15 is 0 Å². The smallest absolute Gasteiger partial charge is 0.285 e. The van der Waals surface area contributed by atoms with Crippen molar-refractivity contribution in [3.8, 4) is 0 Å². The highest BCUT2D eigenvalue weighted by Crippen LogP contribution is 2.51. The molecule has 8 nitrogen and oxygen atoms in total. The third-order valence-electron chi connectivity index (χ3n) is 6.40. The number of ether oxygens (including phenoxy) is 4. The fourth-order valence-corrected chi connectivity index (χ4v) is 4.83.